The Kier molecular flexibility index (Phi) is 6.29. The van der Waals surface area contributed by atoms with Gasteiger partial charge in [0, 0.05) is 46.0 Å². The van der Waals surface area contributed by atoms with E-state index in [2.05, 4.69) is 25.6 Å². The Balaban J connectivity index is 1.47. The van der Waals surface area contributed by atoms with Gasteiger partial charge in [0.25, 0.3) is 0 Å². The molecular weight excluding hydrogens is 401 g/mol. The van der Waals surface area contributed by atoms with Gasteiger partial charge in [-0.3, -0.25) is 4.98 Å². The van der Waals surface area contributed by atoms with Crippen LogP contribution in [0.5, 0.6) is 0 Å². The third kappa shape index (κ3) is 5.17. The number of pyridine rings is 1. The van der Waals surface area contributed by atoms with Crippen molar-refractivity contribution in [3.8, 4) is 0 Å². The fraction of sp³-hybridized carbons (Fsp3) is 0.286. The van der Waals surface area contributed by atoms with Gasteiger partial charge in [0.05, 0.1) is 0 Å². The topological polar surface area (TPSA) is 115 Å². The Bertz CT molecular complexity index is 1000. The van der Waals surface area contributed by atoms with Crippen LogP contribution in [-0.2, 0) is 0 Å². The summed E-state index contributed by atoms with van der Waals surface area (Å²) >= 11 is 1.34. The Morgan fingerprint density at radius 1 is 1.00 bits per heavy atom. The van der Waals surface area contributed by atoms with Crippen molar-refractivity contribution in [3.05, 3.63) is 54.6 Å². The number of hydrogen-bond acceptors (Lipinski definition) is 8. The monoisotopic (exact) mass is 425 g/mol. The zero-order chi connectivity index (χ0) is 20.9. The summed E-state index contributed by atoms with van der Waals surface area (Å²) in [6.45, 7) is 0. The van der Waals surface area contributed by atoms with E-state index in [-0.39, 0.29) is 23.8 Å². The zero-order valence-electron chi connectivity index (χ0n) is 16.4. The van der Waals surface area contributed by atoms with Crippen molar-refractivity contribution in [1.29, 1.82) is 0 Å². The number of anilines is 4. The van der Waals surface area contributed by atoms with E-state index in [4.69, 9.17) is 11.5 Å². The second-order valence-electron chi connectivity index (χ2n) is 7.25. The summed E-state index contributed by atoms with van der Waals surface area (Å²) in [6, 6.07) is 10.7. The lowest BCUT2D eigenvalue weighted by atomic mass is 9.91. The molecule has 0 spiro atoms. The van der Waals surface area contributed by atoms with E-state index in [1.54, 1.807) is 30.6 Å². The lowest BCUT2D eigenvalue weighted by Crippen LogP contribution is -2.42. The summed E-state index contributed by atoms with van der Waals surface area (Å²) in [5, 5.41) is 6.47. The smallest absolute Gasteiger partial charge is 0.223 e. The summed E-state index contributed by atoms with van der Waals surface area (Å²) in [6.07, 6.45) is 7.64. The number of hydrogen-bond donors (Lipinski definition) is 4. The second kappa shape index (κ2) is 9.27. The molecule has 0 saturated heterocycles. The fourth-order valence-electron chi connectivity index (χ4n) is 3.48. The molecule has 156 valence electrons. The van der Waals surface area contributed by atoms with Gasteiger partial charge in [-0.15, -0.1) is 0 Å². The van der Waals surface area contributed by atoms with E-state index >= 15 is 0 Å². The molecule has 2 aromatic heterocycles. The van der Waals surface area contributed by atoms with Crippen LogP contribution in [0.15, 0.2) is 58.6 Å². The molecule has 2 atom stereocenters. The van der Waals surface area contributed by atoms with Crippen LogP contribution in [0.2, 0.25) is 0 Å². The molecule has 9 heteroatoms. The molecule has 1 unspecified atom stereocenters. The van der Waals surface area contributed by atoms with Crippen molar-refractivity contribution < 1.29 is 4.39 Å². The Hall–Kier alpha value is -2.91. The second-order valence-corrected chi connectivity index (χ2v) is 8.37. The average Bonchev–Trinajstić information content (AvgIpc) is 2.72. The number of nitrogens with one attached hydrogen (secondary N) is 2. The largest absolute Gasteiger partial charge is 0.368 e. The number of nitrogen functional groups attached to an aromatic ring is 1. The maximum absolute atomic E-state index is 14.6. The highest BCUT2D eigenvalue weighted by atomic mass is 32.2. The molecule has 0 amide bonds. The standard InChI is InChI=1S/C21H24FN7S/c22-15-11-13(5-6-18(15)30-14-7-9-25-10-8-14)26-19-12-20(29-21(24)28-19)27-17-4-2-1-3-16(17)23/h5-12,16-17H,1-4,23H2,(H4,24,26,27,28,29)/t16-,17?/m1/s1. The molecule has 1 fully saturated rings. The quantitative estimate of drug-likeness (QED) is 0.465. The highest BCUT2D eigenvalue weighted by Gasteiger charge is 2.22. The highest BCUT2D eigenvalue weighted by Crippen LogP contribution is 2.31. The molecule has 0 bridgehead atoms. The van der Waals surface area contributed by atoms with Gasteiger partial charge < -0.3 is 22.1 Å². The van der Waals surface area contributed by atoms with E-state index in [0.29, 0.717) is 22.2 Å². The van der Waals surface area contributed by atoms with E-state index in [1.807, 2.05) is 12.1 Å². The molecule has 1 aliphatic carbocycles. The van der Waals surface area contributed by atoms with E-state index in [9.17, 15) is 4.39 Å². The summed E-state index contributed by atoms with van der Waals surface area (Å²) in [5.74, 6) is 0.911. The van der Waals surface area contributed by atoms with Crippen molar-refractivity contribution in [2.45, 2.75) is 47.6 Å². The van der Waals surface area contributed by atoms with Crippen LogP contribution in [0.3, 0.4) is 0 Å². The van der Waals surface area contributed by atoms with Crippen LogP contribution in [0, 0.1) is 5.82 Å². The lowest BCUT2D eigenvalue weighted by Gasteiger charge is -2.29. The van der Waals surface area contributed by atoms with E-state index in [1.165, 1.54) is 17.8 Å². The van der Waals surface area contributed by atoms with E-state index < -0.39 is 0 Å². The molecule has 3 aromatic rings. The number of aromatic nitrogens is 3. The molecule has 7 nitrogen and oxygen atoms in total. The van der Waals surface area contributed by atoms with Gasteiger partial charge in [-0.1, -0.05) is 24.6 Å². The number of rotatable bonds is 6. The molecule has 6 N–H and O–H groups in total. The maximum Gasteiger partial charge on any atom is 0.223 e. The van der Waals surface area contributed by atoms with Gasteiger partial charge in [-0.2, -0.15) is 9.97 Å². The number of nitrogens with two attached hydrogens (primary N) is 2. The van der Waals surface area contributed by atoms with Gasteiger partial charge in [0.15, 0.2) is 0 Å². The Morgan fingerprint density at radius 2 is 1.77 bits per heavy atom. The molecule has 2 heterocycles. The predicted molar refractivity (Wildman–Crippen MR) is 118 cm³/mol. The van der Waals surface area contributed by atoms with Crippen LogP contribution < -0.4 is 22.1 Å². The molecular formula is C21H24FN7S. The third-order valence-corrected chi connectivity index (χ3v) is 6.04. The van der Waals surface area contributed by atoms with E-state index in [0.717, 1.165) is 30.6 Å². The third-order valence-electron chi connectivity index (χ3n) is 4.98. The normalized spacial score (nSPS) is 18.7. The SMILES string of the molecule is Nc1nc(Nc2ccc(Sc3ccncc3)c(F)c2)cc(NC2CCCC[C@H]2N)n1. The molecule has 4 rings (SSSR count). The number of benzene rings is 1. The summed E-state index contributed by atoms with van der Waals surface area (Å²) in [5.41, 5.74) is 12.7. The van der Waals surface area contributed by atoms with Gasteiger partial charge >= 0.3 is 0 Å². The van der Waals surface area contributed by atoms with Crippen molar-refractivity contribution in [2.75, 3.05) is 16.4 Å². The molecule has 30 heavy (non-hydrogen) atoms. The molecule has 1 saturated carbocycles. The Morgan fingerprint density at radius 3 is 2.53 bits per heavy atom. The first-order chi connectivity index (χ1) is 14.6. The first-order valence-electron chi connectivity index (χ1n) is 9.88. The zero-order valence-corrected chi connectivity index (χ0v) is 17.2. The van der Waals surface area contributed by atoms with Crippen molar-refractivity contribution in [1.82, 2.24) is 15.0 Å². The van der Waals surface area contributed by atoms with Crippen molar-refractivity contribution in [3.63, 3.8) is 0 Å². The first-order valence-corrected chi connectivity index (χ1v) is 10.7. The molecule has 1 aliphatic rings. The van der Waals surface area contributed by atoms with Crippen molar-refractivity contribution in [2.24, 2.45) is 5.73 Å². The van der Waals surface area contributed by atoms with Crippen LogP contribution in [0.25, 0.3) is 0 Å². The van der Waals surface area contributed by atoms with Crippen LogP contribution in [0.1, 0.15) is 25.7 Å². The molecule has 0 aliphatic heterocycles. The minimum atomic E-state index is -0.324. The van der Waals surface area contributed by atoms with Gasteiger partial charge in [-0.05, 0) is 43.2 Å². The van der Waals surface area contributed by atoms with Crippen LogP contribution >= 0.6 is 11.8 Å². The number of halogens is 1. The van der Waals surface area contributed by atoms with Crippen molar-refractivity contribution >= 4 is 35.0 Å². The van der Waals surface area contributed by atoms with Gasteiger partial charge in [-0.25, -0.2) is 4.39 Å². The molecule has 1 aromatic carbocycles. The van der Waals surface area contributed by atoms with Crippen LogP contribution in [0.4, 0.5) is 27.7 Å². The summed E-state index contributed by atoms with van der Waals surface area (Å²) in [7, 11) is 0. The van der Waals surface area contributed by atoms with Gasteiger partial charge in [0.1, 0.15) is 17.5 Å². The minimum absolute atomic E-state index is 0.0888. The lowest BCUT2D eigenvalue weighted by molar-refractivity contribution is 0.403. The van der Waals surface area contributed by atoms with Crippen LogP contribution in [-0.4, -0.2) is 27.0 Å². The minimum Gasteiger partial charge on any atom is -0.368 e. The summed E-state index contributed by atoms with van der Waals surface area (Å²) in [4.78, 5) is 13.9. The van der Waals surface area contributed by atoms with Gasteiger partial charge in [0.2, 0.25) is 5.95 Å². The average molecular weight is 426 g/mol. The number of nitrogens with zero attached hydrogens (tertiary/aromatic N) is 3. The highest BCUT2D eigenvalue weighted by molar-refractivity contribution is 7.99. The summed E-state index contributed by atoms with van der Waals surface area (Å²) < 4.78 is 14.6. The molecule has 0 radical (unpaired) electrons. The maximum atomic E-state index is 14.6. The predicted octanol–water partition coefficient (Wildman–Crippen LogP) is 4.17. The fourth-order valence-corrected chi connectivity index (χ4v) is 4.28. The Labute approximate surface area is 178 Å². The first kappa shape index (κ1) is 20.4.